The molecule has 19 heavy (non-hydrogen) atoms. The summed E-state index contributed by atoms with van der Waals surface area (Å²) in [4.78, 5) is 2.62. The Bertz CT molecular complexity index is 497. The molecule has 3 saturated heterocycles. The van der Waals surface area contributed by atoms with Crippen LogP contribution in [0.15, 0.2) is 29.4 Å². The van der Waals surface area contributed by atoms with Crippen molar-refractivity contribution < 1.29 is 0 Å². The van der Waals surface area contributed by atoms with Gasteiger partial charge < -0.3 is 5.43 Å². The molecule has 0 aliphatic carbocycles. The number of nitrogens with zero attached hydrogens (tertiary/aromatic N) is 2. The highest BCUT2D eigenvalue weighted by molar-refractivity contribution is 5.95. The number of aryl methyl sites for hydroxylation is 1. The molecule has 3 heteroatoms. The van der Waals surface area contributed by atoms with Crippen molar-refractivity contribution in [3.8, 4) is 0 Å². The highest BCUT2D eigenvalue weighted by Crippen LogP contribution is 2.38. The summed E-state index contributed by atoms with van der Waals surface area (Å²) in [5, 5.41) is 4.67. The van der Waals surface area contributed by atoms with Crippen molar-refractivity contribution in [2.24, 2.45) is 11.0 Å². The average molecular weight is 255 g/mol. The summed E-state index contributed by atoms with van der Waals surface area (Å²) in [6, 6.07) is 9.94. The van der Waals surface area contributed by atoms with Crippen molar-refractivity contribution in [2.45, 2.75) is 38.3 Å². The first-order chi connectivity index (χ1) is 9.36. The molecule has 2 bridgehead atoms. The normalized spacial score (nSPS) is 35.7. The molecule has 4 aliphatic rings. The molecule has 3 fully saturated rings. The Hall–Kier alpha value is -1.35. The average Bonchev–Trinajstić information content (AvgIpc) is 2.95. The molecule has 0 aromatic heterocycles. The number of benzene rings is 1. The lowest BCUT2D eigenvalue weighted by molar-refractivity contribution is 0.133. The van der Waals surface area contributed by atoms with Crippen LogP contribution in [0.4, 0.5) is 0 Å². The van der Waals surface area contributed by atoms with Crippen LogP contribution in [0.3, 0.4) is 0 Å². The van der Waals surface area contributed by atoms with Gasteiger partial charge >= 0.3 is 0 Å². The van der Waals surface area contributed by atoms with Crippen LogP contribution in [0.5, 0.6) is 0 Å². The zero-order valence-electron chi connectivity index (χ0n) is 11.5. The standard InChI is InChI=1S/C16H21N3/c1-2-11-3-5-12(6-4-11)14-16-15(18-17-14)13-7-9-19(16)10-8-13/h3-6,13-14,16-17H,2,7-10H2,1H3. The van der Waals surface area contributed by atoms with Gasteiger partial charge in [0.15, 0.2) is 0 Å². The monoisotopic (exact) mass is 255 g/mol. The van der Waals surface area contributed by atoms with Gasteiger partial charge in [-0.05, 0) is 43.5 Å². The van der Waals surface area contributed by atoms with E-state index in [9.17, 15) is 0 Å². The van der Waals surface area contributed by atoms with E-state index < -0.39 is 0 Å². The summed E-state index contributed by atoms with van der Waals surface area (Å²) >= 11 is 0. The third-order valence-corrected chi connectivity index (χ3v) is 5.04. The first kappa shape index (κ1) is 11.5. The van der Waals surface area contributed by atoms with E-state index in [-0.39, 0.29) is 0 Å². The minimum absolute atomic E-state index is 0.365. The first-order valence-electron chi connectivity index (χ1n) is 7.52. The van der Waals surface area contributed by atoms with Crippen LogP contribution in [0.25, 0.3) is 0 Å². The largest absolute Gasteiger partial charge is 0.301 e. The van der Waals surface area contributed by atoms with Crippen molar-refractivity contribution in [2.75, 3.05) is 13.1 Å². The van der Waals surface area contributed by atoms with Gasteiger partial charge in [0.1, 0.15) is 0 Å². The van der Waals surface area contributed by atoms with Crippen LogP contribution in [0, 0.1) is 5.92 Å². The zero-order chi connectivity index (χ0) is 12.8. The molecule has 0 saturated carbocycles. The van der Waals surface area contributed by atoms with Crippen LogP contribution < -0.4 is 5.43 Å². The maximum Gasteiger partial charge on any atom is 0.0899 e. The smallest absolute Gasteiger partial charge is 0.0899 e. The number of piperidine rings is 3. The van der Waals surface area contributed by atoms with Gasteiger partial charge in [-0.3, -0.25) is 4.90 Å². The molecule has 3 nitrogen and oxygen atoms in total. The fourth-order valence-electron chi connectivity index (χ4n) is 3.87. The minimum atomic E-state index is 0.365. The van der Waals surface area contributed by atoms with Gasteiger partial charge in [-0.15, -0.1) is 0 Å². The Morgan fingerprint density at radius 2 is 1.95 bits per heavy atom. The minimum Gasteiger partial charge on any atom is -0.301 e. The van der Waals surface area contributed by atoms with Crippen LogP contribution in [0.2, 0.25) is 0 Å². The summed E-state index contributed by atoms with van der Waals surface area (Å²) in [6.07, 6.45) is 3.72. The second-order valence-electron chi connectivity index (χ2n) is 5.99. The predicted octanol–water partition coefficient (Wildman–Crippen LogP) is 2.34. The van der Waals surface area contributed by atoms with Gasteiger partial charge in [-0.1, -0.05) is 31.2 Å². The first-order valence-corrected chi connectivity index (χ1v) is 7.52. The third-order valence-electron chi connectivity index (χ3n) is 5.04. The summed E-state index contributed by atoms with van der Waals surface area (Å²) in [5.41, 5.74) is 7.61. The fourth-order valence-corrected chi connectivity index (χ4v) is 3.87. The topological polar surface area (TPSA) is 27.6 Å². The second-order valence-corrected chi connectivity index (χ2v) is 5.99. The number of fused-ring (bicyclic) bond motifs is 2. The molecule has 4 heterocycles. The Morgan fingerprint density at radius 1 is 1.21 bits per heavy atom. The highest BCUT2D eigenvalue weighted by atomic mass is 15.4. The molecule has 100 valence electrons. The maximum absolute atomic E-state index is 4.67. The number of hydrazone groups is 1. The van der Waals surface area contributed by atoms with E-state index in [4.69, 9.17) is 0 Å². The lowest BCUT2D eigenvalue weighted by Crippen LogP contribution is -2.56. The van der Waals surface area contributed by atoms with Gasteiger partial charge in [-0.2, -0.15) is 5.10 Å². The quantitative estimate of drug-likeness (QED) is 0.878. The van der Waals surface area contributed by atoms with E-state index in [1.165, 1.54) is 42.8 Å². The van der Waals surface area contributed by atoms with E-state index in [1.807, 2.05) is 0 Å². The SMILES string of the molecule is CCc1ccc(C2NN=C3C4CCN(CC4)C32)cc1. The number of nitrogens with one attached hydrogen (secondary N) is 1. The lowest BCUT2D eigenvalue weighted by atomic mass is 9.78. The zero-order valence-corrected chi connectivity index (χ0v) is 11.5. The van der Waals surface area contributed by atoms with Gasteiger partial charge in [0.05, 0.1) is 17.8 Å². The molecule has 2 unspecified atom stereocenters. The van der Waals surface area contributed by atoms with Crippen molar-refractivity contribution in [1.29, 1.82) is 0 Å². The maximum atomic E-state index is 4.67. The van der Waals surface area contributed by atoms with Crippen LogP contribution in [0.1, 0.15) is 36.9 Å². The molecule has 5 rings (SSSR count). The molecule has 1 aromatic rings. The Labute approximate surface area is 114 Å². The van der Waals surface area contributed by atoms with Gasteiger partial charge in [-0.25, -0.2) is 0 Å². The molecule has 1 aromatic carbocycles. The lowest BCUT2D eigenvalue weighted by Gasteiger charge is -2.45. The summed E-state index contributed by atoms with van der Waals surface area (Å²) < 4.78 is 0. The van der Waals surface area contributed by atoms with Gasteiger partial charge in [0, 0.05) is 5.92 Å². The molecular formula is C16H21N3. The Balaban J connectivity index is 1.63. The van der Waals surface area contributed by atoms with Crippen molar-refractivity contribution in [1.82, 2.24) is 10.3 Å². The molecule has 2 atom stereocenters. The summed E-state index contributed by atoms with van der Waals surface area (Å²) in [6.45, 7) is 4.70. The fraction of sp³-hybridized carbons (Fsp3) is 0.562. The summed E-state index contributed by atoms with van der Waals surface area (Å²) in [5.74, 6) is 0.738. The molecule has 1 N–H and O–H groups in total. The predicted molar refractivity (Wildman–Crippen MR) is 77.2 cm³/mol. The third kappa shape index (κ3) is 1.71. The van der Waals surface area contributed by atoms with Gasteiger partial charge in [0.2, 0.25) is 0 Å². The van der Waals surface area contributed by atoms with Crippen molar-refractivity contribution in [3.63, 3.8) is 0 Å². The molecular weight excluding hydrogens is 234 g/mol. The van der Waals surface area contributed by atoms with Crippen LogP contribution in [-0.2, 0) is 6.42 Å². The molecule has 4 aliphatic heterocycles. The van der Waals surface area contributed by atoms with Crippen LogP contribution in [-0.4, -0.2) is 29.7 Å². The number of hydrogen-bond acceptors (Lipinski definition) is 3. The van der Waals surface area contributed by atoms with E-state index >= 15 is 0 Å². The summed E-state index contributed by atoms with van der Waals surface area (Å²) in [7, 11) is 0. The Morgan fingerprint density at radius 3 is 2.63 bits per heavy atom. The van der Waals surface area contributed by atoms with Gasteiger partial charge in [0.25, 0.3) is 0 Å². The van der Waals surface area contributed by atoms with Crippen LogP contribution >= 0.6 is 0 Å². The van der Waals surface area contributed by atoms with E-state index in [1.54, 1.807) is 0 Å². The molecule has 0 radical (unpaired) electrons. The highest BCUT2D eigenvalue weighted by Gasteiger charge is 2.46. The number of rotatable bonds is 2. The van der Waals surface area contributed by atoms with E-state index in [0.717, 1.165) is 12.3 Å². The second kappa shape index (κ2) is 4.34. The molecule has 0 spiro atoms. The number of hydrogen-bond donors (Lipinski definition) is 1. The molecule has 0 amide bonds. The van der Waals surface area contributed by atoms with E-state index in [2.05, 4.69) is 46.6 Å². The van der Waals surface area contributed by atoms with Crippen molar-refractivity contribution >= 4 is 5.71 Å². The van der Waals surface area contributed by atoms with E-state index in [0.29, 0.717) is 12.1 Å². The van der Waals surface area contributed by atoms with Crippen molar-refractivity contribution in [3.05, 3.63) is 35.4 Å². The Kier molecular flexibility index (Phi) is 2.62.